The number of anilines is 2. The molecule has 0 bridgehead atoms. The minimum atomic E-state index is -0.310. The molecule has 0 aromatic heterocycles. The van der Waals surface area contributed by atoms with Crippen LogP contribution >= 0.6 is 0 Å². The van der Waals surface area contributed by atoms with Crippen molar-refractivity contribution < 1.29 is 4.79 Å². The van der Waals surface area contributed by atoms with E-state index in [1.807, 2.05) is 6.07 Å². The first kappa shape index (κ1) is 9.38. The lowest BCUT2D eigenvalue weighted by Crippen LogP contribution is -2.11. The van der Waals surface area contributed by atoms with Gasteiger partial charge in [0.2, 0.25) is 5.91 Å². The van der Waals surface area contributed by atoms with E-state index in [4.69, 9.17) is 17.2 Å². The lowest BCUT2D eigenvalue weighted by molar-refractivity contribution is -0.117. The van der Waals surface area contributed by atoms with Crippen LogP contribution in [-0.4, -0.2) is 5.91 Å². The first-order chi connectivity index (χ1) is 6.09. The highest BCUT2D eigenvalue weighted by Gasteiger charge is 1.99. The molecule has 0 spiro atoms. The molecule has 0 saturated carbocycles. The molecule has 0 aliphatic heterocycles. The summed E-state index contributed by atoms with van der Waals surface area (Å²) in [6, 6.07) is 5.33. The van der Waals surface area contributed by atoms with Crippen LogP contribution in [0.2, 0.25) is 0 Å². The summed E-state index contributed by atoms with van der Waals surface area (Å²) in [7, 11) is 0. The molecule has 1 rings (SSSR count). The molecule has 0 radical (unpaired) electrons. The number of aryl methyl sites for hydroxylation is 1. The number of carbonyl (C=O) groups is 1. The second-order valence-electron chi connectivity index (χ2n) is 2.93. The number of amides is 1. The van der Waals surface area contributed by atoms with Crippen LogP contribution in [0.1, 0.15) is 12.0 Å². The molecule has 0 atom stereocenters. The first-order valence-corrected chi connectivity index (χ1v) is 4.02. The van der Waals surface area contributed by atoms with Gasteiger partial charge in [0.1, 0.15) is 0 Å². The van der Waals surface area contributed by atoms with E-state index in [2.05, 4.69) is 0 Å². The van der Waals surface area contributed by atoms with E-state index in [-0.39, 0.29) is 5.91 Å². The molecule has 0 unspecified atom stereocenters. The van der Waals surface area contributed by atoms with Gasteiger partial charge in [0.15, 0.2) is 0 Å². The summed E-state index contributed by atoms with van der Waals surface area (Å²) in [6.45, 7) is 0. The SMILES string of the molecule is NC(=O)CCc1ccc(N)c(N)c1. The third kappa shape index (κ3) is 2.66. The Labute approximate surface area is 76.7 Å². The van der Waals surface area contributed by atoms with Gasteiger partial charge in [0, 0.05) is 6.42 Å². The smallest absolute Gasteiger partial charge is 0.217 e. The van der Waals surface area contributed by atoms with Gasteiger partial charge in [0.25, 0.3) is 0 Å². The summed E-state index contributed by atoms with van der Waals surface area (Å²) in [5, 5.41) is 0. The molecule has 70 valence electrons. The Morgan fingerprint density at radius 3 is 2.46 bits per heavy atom. The van der Waals surface area contributed by atoms with Gasteiger partial charge in [-0.05, 0) is 24.1 Å². The number of carbonyl (C=O) groups excluding carboxylic acids is 1. The fourth-order valence-electron chi connectivity index (χ4n) is 1.05. The molecule has 0 saturated heterocycles. The van der Waals surface area contributed by atoms with Crippen molar-refractivity contribution in [2.24, 2.45) is 5.73 Å². The van der Waals surface area contributed by atoms with E-state index in [9.17, 15) is 4.79 Å². The Morgan fingerprint density at radius 1 is 1.23 bits per heavy atom. The summed E-state index contributed by atoms with van der Waals surface area (Å²) >= 11 is 0. The summed E-state index contributed by atoms with van der Waals surface area (Å²) in [5.41, 5.74) is 18.2. The van der Waals surface area contributed by atoms with E-state index in [1.54, 1.807) is 12.1 Å². The van der Waals surface area contributed by atoms with Gasteiger partial charge < -0.3 is 17.2 Å². The van der Waals surface area contributed by atoms with E-state index < -0.39 is 0 Å². The average molecular weight is 179 g/mol. The monoisotopic (exact) mass is 179 g/mol. The Hall–Kier alpha value is -1.71. The summed E-state index contributed by atoms with van der Waals surface area (Å²) in [4.78, 5) is 10.5. The van der Waals surface area contributed by atoms with Gasteiger partial charge in [-0.3, -0.25) is 4.79 Å². The molecule has 0 aliphatic carbocycles. The summed E-state index contributed by atoms with van der Waals surface area (Å²) in [5.74, 6) is -0.310. The molecule has 4 nitrogen and oxygen atoms in total. The summed E-state index contributed by atoms with van der Waals surface area (Å²) in [6.07, 6.45) is 0.948. The van der Waals surface area contributed by atoms with Gasteiger partial charge in [-0.15, -0.1) is 0 Å². The largest absolute Gasteiger partial charge is 0.397 e. The molecular weight excluding hydrogens is 166 g/mol. The normalized spacial score (nSPS) is 9.85. The van der Waals surface area contributed by atoms with Gasteiger partial charge in [-0.2, -0.15) is 0 Å². The van der Waals surface area contributed by atoms with Crippen molar-refractivity contribution in [3.63, 3.8) is 0 Å². The predicted octanol–water partition coefficient (Wildman–Crippen LogP) is 0.269. The Balaban J connectivity index is 2.68. The Kier molecular flexibility index (Phi) is 2.74. The van der Waals surface area contributed by atoms with Crippen molar-refractivity contribution in [2.75, 3.05) is 11.5 Å². The van der Waals surface area contributed by atoms with Crippen molar-refractivity contribution in [2.45, 2.75) is 12.8 Å². The van der Waals surface area contributed by atoms with E-state index in [0.717, 1.165) is 5.56 Å². The fraction of sp³-hybridized carbons (Fsp3) is 0.222. The highest BCUT2D eigenvalue weighted by molar-refractivity contribution is 5.74. The maximum atomic E-state index is 10.5. The number of rotatable bonds is 3. The van der Waals surface area contributed by atoms with Crippen LogP contribution in [-0.2, 0) is 11.2 Å². The van der Waals surface area contributed by atoms with E-state index >= 15 is 0 Å². The number of nitrogens with two attached hydrogens (primary N) is 3. The molecule has 13 heavy (non-hydrogen) atoms. The maximum Gasteiger partial charge on any atom is 0.217 e. The number of primary amides is 1. The molecule has 0 heterocycles. The molecule has 1 amide bonds. The van der Waals surface area contributed by atoms with Gasteiger partial charge in [-0.25, -0.2) is 0 Å². The fourth-order valence-corrected chi connectivity index (χ4v) is 1.05. The maximum absolute atomic E-state index is 10.5. The Morgan fingerprint density at radius 2 is 1.92 bits per heavy atom. The quantitative estimate of drug-likeness (QED) is 0.581. The molecule has 1 aromatic rings. The predicted molar refractivity (Wildman–Crippen MR) is 52.8 cm³/mol. The van der Waals surface area contributed by atoms with Crippen molar-refractivity contribution in [3.05, 3.63) is 23.8 Å². The number of hydrogen-bond donors (Lipinski definition) is 3. The van der Waals surface area contributed by atoms with Crippen molar-refractivity contribution in [3.8, 4) is 0 Å². The third-order valence-electron chi connectivity index (χ3n) is 1.81. The van der Waals surface area contributed by atoms with Gasteiger partial charge in [-0.1, -0.05) is 6.07 Å². The highest BCUT2D eigenvalue weighted by Crippen LogP contribution is 2.16. The van der Waals surface area contributed by atoms with Crippen LogP contribution in [0.25, 0.3) is 0 Å². The Bertz CT molecular complexity index is 323. The molecule has 4 heteroatoms. The van der Waals surface area contributed by atoms with Gasteiger partial charge in [0.05, 0.1) is 11.4 Å². The van der Waals surface area contributed by atoms with Crippen LogP contribution in [0.4, 0.5) is 11.4 Å². The number of hydrogen-bond acceptors (Lipinski definition) is 3. The second-order valence-corrected chi connectivity index (χ2v) is 2.93. The molecular formula is C9H13N3O. The van der Waals surface area contributed by atoms with Crippen molar-refractivity contribution >= 4 is 17.3 Å². The molecule has 0 aliphatic rings. The summed E-state index contributed by atoms with van der Waals surface area (Å²) < 4.78 is 0. The zero-order valence-corrected chi connectivity index (χ0v) is 7.29. The van der Waals surface area contributed by atoms with E-state index in [0.29, 0.717) is 24.2 Å². The minimum Gasteiger partial charge on any atom is -0.397 e. The zero-order chi connectivity index (χ0) is 9.84. The van der Waals surface area contributed by atoms with Crippen LogP contribution in [0.5, 0.6) is 0 Å². The lowest BCUT2D eigenvalue weighted by atomic mass is 10.1. The molecule has 1 aromatic carbocycles. The third-order valence-corrected chi connectivity index (χ3v) is 1.81. The molecule has 0 fully saturated rings. The minimum absolute atomic E-state index is 0.310. The highest BCUT2D eigenvalue weighted by atomic mass is 16.1. The first-order valence-electron chi connectivity index (χ1n) is 4.02. The second kappa shape index (κ2) is 3.80. The number of nitrogen functional groups attached to an aromatic ring is 2. The average Bonchev–Trinajstić information content (AvgIpc) is 2.07. The standard InChI is InChI=1S/C9H13N3O/c10-7-3-1-6(5-8(7)11)2-4-9(12)13/h1,3,5H,2,4,10-11H2,(H2,12,13). The zero-order valence-electron chi connectivity index (χ0n) is 7.29. The lowest BCUT2D eigenvalue weighted by Gasteiger charge is -2.03. The van der Waals surface area contributed by atoms with Crippen LogP contribution in [0.3, 0.4) is 0 Å². The van der Waals surface area contributed by atoms with Crippen LogP contribution in [0, 0.1) is 0 Å². The van der Waals surface area contributed by atoms with Crippen LogP contribution in [0.15, 0.2) is 18.2 Å². The topological polar surface area (TPSA) is 95.1 Å². The van der Waals surface area contributed by atoms with E-state index in [1.165, 1.54) is 0 Å². The van der Waals surface area contributed by atoms with Gasteiger partial charge >= 0.3 is 0 Å². The van der Waals surface area contributed by atoms with Crippen molar-refractivity contribution in [1.29, 1.82) is 0 Å². The number of benzene rings is 1. The van der Waals surface area contributed by atoms with Crippen molar-refractivity contribution in [1.82, 2.24) is 0 Å². The molecule has 6 N–H and O–H groups in total. The van der Waals surface area contributed by atoms with Crippen LogP contribution < -0.4 is 17.2 Å².